The van der Waals surface area contributed by atoms with Crippen molar-refractivity contribution in [2.75, 3.05) is 19.6 Å². The number of carboxylic acid groups (broad SMARTS) is 1. The Morgan fingerprint density at radius 1 is 1.35 bits per heavy atom. The molecule has 17 heavy (non-hydrogen) atoms. The fourth-order valence-electron chi connectivity index (χ4n) is 2.07. The van der Waals surface area contributed by atoms with Gasteiger partial charge in [-0.1, -0.05) is 6.92 Å². The van der Waals surface area contributed by atoms with Gasteiger partial charge in [-0.25, -0.2) is 4.79 Å². The largest absolute Gasteiger partial charge is 0.478 e. The first-order valence-corrected chi connectivity index (χ1v) is 6.07. The molecule has 1 heterocycles. The first kappa shape index (κ1) is 13.7. The van der Waals surface area contributed by atoms with E-state index in [2.05, 4.69) is 5.32 Å². The Balaban J connectivity index is 2.62. The van der Waals surface area contributed by atoms with Crippen LogP contribution in [0.2, 0.25) is 0 Å². The van der Waals surface area contributed by atoms with E-state index >= 15 is 0 Å². The van der Waals surface area contributed by atoms with Gasteiger partial charge in [0.1, 0.15) is 0 Å². The van der Waals surface area contributed by atoms with E-state index in [1.807, 2.05) is 6.92 Å². The molecule has 0 spiro atoms. The topological polar surface area (TPSA) is 69.6 Å². The summed E-state index contributed by atoms with van der Waals surface area (Å²) in [5.74, 6) is -1.28. The van der Waals surface area contributed by atoms with Crippen LogP contribution in [-0.4, -0.2) is 47.6 Å². The molecule has 96 valence electrons. The van der Waals surface area contributed by atoms with E-state index in [-0.39, 0.29) is 11.9 Å². The molecule has 1 rings (SSSR count). The first-order chi connectivity index (χ1) is 8.15. The minimum absolute atomic E-state index is 0.193. The van der Waals surface area contributed by atoms with Crippen LogP contribution in [0.15, 0.2) is 12.2 Å². The van der Waals surface area contributed by atoms with Crippen LogP contribution in [0.4, 0.5) is 0 Å². The highest BCUT2D eigenvalue weighted by Crippen LogP contribution is 2.13. The molecule has 0 bridgehead atoms. The monoisotopic (exact) mass is 240 g/mol. The molecular weight excluding hydrogens is 220 g/mol. The molecule has 0 saturated carbocycles. The van der Waals surface area contributed by atoms with Gasteiger partial charge in [0.2, 0.25) is 5.91 Å². The van der Waals surface area contributed by atoms with Crippen LogP contribution in [0, 0.1) is 0 Å². The Morgan fingerprint density at radius 2 is 2.00 bits per heavy atom. The lowest BCUT2D eigenvalue weighted by Crippen LogP contribution is -2.46. The van der Waals surface area contributed by atoms with Crippen LogP contribution in [0.3, 0.4) is 0 Å². The number of aliphatic carboxylic acids is 1. The molecule has 5 nitrogen and oxygen atoms in total. The van der Waals surface area contributed by atoms with E-state index in [1.165, 1.54) is 0 Å². The molecule has 0 unspecified atom stereocenters. The third-order valence-corrected chi connectivity index (χ3v) is 2.87. The third kappa shape index (κ3) is 4.56. The molecule has 0 atom stereocenters. The number of rotatable bonds is 5. The highest BCUT2D eigenvalue weighted by Gasteiger charge is 2.23. The summed E-state index contributed by atoms with van der Waals surface area (Å²) in [4.78, 5) is 24.1. The molecule has 1 amide bonds. The molecule has 1 aliphatic rings. The fraction of sp³-hybridized carbons (Fsp3) is 0.667. The maximum Gasteiger partial charge on any atom is 0.328 e. The standard InChI is InChI=1S/C12H20N2O3/c1-2-9-14(10-5-7-13-8-6-10)11(15)3-4-12(16)17/h3-4,10,13H,2,5-9H2,1H3,(H,16,17)/b4-3+. The van der Waals surface area contributed by atoms with Gasteiger partial charge in [-0.2, -0.15) is 0 Å². The SMILES string of the molecule is CCCN(C(=O)/C=C/C(=O)O)C1CCNCC1. The van der Waals surface area contributed by atoms with E-state index < -0.39 is 5.97 Å². The van der Waals surface area contributed by atoms with Gasteiger partial charge >= 0.3 is 5.97 Å². The second-order valence-corrected chi connectivity index (χ2v) is 4.18. The lowest BCUT2D eigenvalue weighted by atomic mass is 10.0. The number of carbonyl (C=O) groups excluding carboxylic acids is 1. The molecule has 5 heteroatoms. The van der Waals surface area contributed by atoms with Crippen LogP contribution in [0.25, 0.3) is 0 Å². The summed E-state index contributed by atoms with van der Waals surface area (Å²) in [6, 6.07) is 0.238. The second kappa shape index (κ2) is 7.06. The van der Waals surface area contributed by atoms with Gasteiger partial charge in [0.15, 0.2) is 0 Å². The smallest absolute Gasteiger partial charge is 0.328 e. The van der Waals surface area contributed by atoms with Crippen LogP contribution in [0.5, 0.6) is 0 Å². The quantitative estimate of drug-likeness (QED) is 0.691. The van der Waals surface area contributed by atoms with Crippen molar-refractivity contribution < 1.29 is 14.7 Å². The number of nitrogens with zero attached hydrogens (tertiary/aromatic N) is 1. The zero-order valence-electron chi connectivity index (χ0n) is 10.2. The van der Waals surface area contributed by atoms with E-state index in [9.17, 15) is 9.59 Å². The Hall–Kier alpha value is -1.36. The van der Waals surface area contributed by atoms with E-state index in [0.717, 1.165) is 44.5 Å². The average Bonchev–Trinajstić information content (AvgIpc) is 2.34. The van der Waals surface area contributed by atoms with Crippen LogP contribution in [-0.2, 0) is 9.59 Å². The lowest BCUT2D eigenvalue weighted by Gasteiger charge is -2.33. The second-order valence-electron chi connectivity index (χ2n) is 4.18. The zero-order chi connectivity index (χ0) is 12.7. The van der Waals surface area contributed by atoms with Crippen LogP contribution < -0.4 is 5.32 Å². The Bertz CT molecular complexity index is 296. The minimum atomic E-state index is -1.08. The molecule has 0 radical (unpaired) electrons. The number of hydrogen-bond acceptors (Lipinski definition) is 3. The van der Waals surface area contributed by atoms with Crippen LogP contribution >= 0.6 is 0 Å². The Kier molecular flexibility index (Phi) is 5.69. The molecule has 0 aromatic carbocycles. The maximum atomic E-state index is 11.9. The highest BCUT2D eigenvalue weighted by molar-refractivity contribution is 5.94. The summed E-state index contributed by atoms with van der Waals surface area (Å²) in [6.07, 6.45) is 4.82. The predicted molar refractivity (Wildman–Crippen MR) is 64.7 cm³/mol. The zero-order valence-corrected chi connectivity index (χ0v) is 10.2. The van der Waals surface area contributed by atoms with Gasteiger partial charge < -0.3 is 15.3 Å². The molecule has 2 N–H and O–H groups in total. The van der Waals surface area contributed by atoms with Crippen molar-refractivity contribution in [2.45, 2.75) is 32.2 Å². The molecule has 0 aliphatic carbocycles. The normalized spacial score (nSPS) is 17.2. The van der Waals surface area contributed by atoms with Gasteiger partial charge in [-0.05, 0) is 32.4 Å². The van der Waals surface area contributed by atoms with E-state index in [4.69, 9.17) is 5.11 Å². The minimum Gasteiger partial charge on any atom is -0.478 e. The molecule has 1 fully saturated rings. The molecular formula is C12H20N2O3. The van der Waals surface area contributed by atoms with Crippen molar-refractivity contribution in [2.24, 2.45) is 0 Å². The fourth-order valence-corrected chi connectivity index (χ4v) is 2.07. The Labute approximate surface area is 101 Å². The number of hydrogen-bond donors (Lipinski definition) is 2. The van der Waals surface area contributed by atoms with E-state index in [1.54, 1.807) is 4.90 Å². The predicted octanol–water partition coefficient (Wildman–Crippen LogP) is 0.618. The molecule has 1 saturated heterocycles. The van der Waals surface area contributed by atoms with Crippen molar-refractivity contribution >= 4 is 11.9 Å². The number of carbonyl (C=O) groups is 2. The van der Waals surface area contributed by atoms with Gasteiger partial charge in [-0.3, -0.25) is 4.79 Å². The van der Waals surface area contributed by atoms with Gasteiger partial charge in [-0.15, -0.1) is 0 Å². The third-order valence-electron chi connectivity index (χ3n) is 2.87. The number of carboxylic acids is 1. The summed E-state index contributed by atoms with van der Waals surface area (Å²) in [5, 5.41) is 11.8. The number of amides is 1. The van der Waals surface area contributed by atoms with Crippen molar-refractivity contribution in [3.05, 3.63) is 12.2 Å². The van der Waals surface area contributed by atoms with Crippen molar-refractivity contribution in [1.29, 1.82) is 0 Å². The maximum absolute atomic E-state index is 11.9. The molecule has 0 aromatic rings. The van der Waals surface area contributed by atoms with Gasteiger partial charge in [0.25, 0.3) is 0 Å². The van der Waals surface area contributed by atoms with Gasteiger partial charge in [0.05, 0.1) is 0 Å². The van der Waals surface area contributed by atoms with Crippen LogP contribution in [0.1, 0.15) is 26.2 Å². The summed E-state index contributed by atoms with van der Waals surface area (Å²) in [5.41, 5.74) is 0. The summed E-state index contributed by atoms with van der Waals surface area (Å²) in [7, 11) is 0. The summed E-state index contributed by atoms with van der Waals surface area (Å²) in [6.45, 7) is 4.54. The average molecular weight is 240 g/mol. The van der Waals surface area contributed by atoms with E-state index in [0.29, 0.717) is 6.54 Å². The van der Waals surface area contributed by atoms with Crippen molar-refractivity contribution in [3.63, 3.8) is 0 Å². The number of nitrogens with one attached hydrogen (secondary N) is 1. The lowest BCUT2D eigenvalue weighted by molar-refractivity contribution is -0.133. The van der Waals surface area contributed by atoms with Crippen molar-refractivity contribution in [1.82, 2.24) is 10.2 Å². The molecule has 0 aromatic heterocycles. The van der Waals surface area contributed by atoms with Crippen molar-refractivity contribution in [3.8, 4) is 0 Å². The Morgan fingerprint density at radius 3 is 2.53 bits per heavy atom. The highest BCUT2D eigenvalue weighted by atomic mass is 16.4. The summed E-state index contributed by atoms with van der Waals surface area (Å²) < 4.78 is 0. The number of piperidine rings is 1. The first-order valence-electron chi connectivity index (χ1n) is 6.07. The van der Waals surface area contributed by atoms with Gasteiger partial charge in [0, 0.05) is 24.7 Å². The summed E-state index contributed by atoms with van der Waals surface area (Å²) >= 11 is 0. The molecule has 1 aliphatic heterocycles.